The highest BCUT2D eigenvalue weighted by atomic mass is 79.9. The third-order valence-electron chi connectivity index (χ3n) is 5.37. The summed E-state index contributed by atoms with van der Waals surface area (Å²) in [5.41, 5.74) is 6.24. The zero-order chi connectivity index (χ0) is 22.1. The summed E-state index contributed by atoms with van der Waals surface area (Å²) in [5, 5.41) is 2.97. The van der Waals surface area contributed by atoms with E-state index in [0.717, 1.165) is 44.8 Å². The Kier molecular flexibility index (Phi) is 5.96. The van der Waals surface area contributed by atoms with Crippen LogP contribution in [0.5, 0.6) is 11.5 Å². The van der Waals surface area contributed by atoms with Crippen LogP contribution in [-0.2, 0) is 11.2 Å². The van der Waals surface area contributed by atoms with Crippen LogP contribution in [0.1, 0.15) is 48.9 Å². The number of benzene rings is 3. The quantitative estimate of drug-likeness (QED) is 0.419. The van der Waals surface area contributed by atoms with E-state index in [-0.39, 0.29) is 5.91 Å². The van der Waals surface area contributed by atoms with Gasteiger partial charge in [0.1, 0.15) is 17.2 Å². The van der Waals surface area contributed by atoms with Crippen molar-refractivity contribution in [3.05, 3.63) is 81.3 Å². The van der Waals surface area contributed by atoms with Crippen LogP contribution in [0.15, 0.2) is 64.1 Å². The first-order chi connectivity index (χ1) is 14.9. The van der Waals surface area contributed by atoms with Crippen LogP contribution in [0, 0.1) is 6.92 Å². The summed E-state index contributed by atoms with van der Waals surface area (Å²) < 4.78 is 7.11. The average molecular weight is 477 g/mol. The fourth-order valence-electron chi connectivity index (χ4n) is 3.73. The minimum atomic E-state index is -0.176. The molecule has 0 unspecified atom stereocenters. The lowest BCUT2D eigenvalue weighted by atomic mass is 10.0. The van der Waals surface area contributed by atoms with E-state index >= 15 is 0 Å². The van der Waals surface area contributed by atoms with E-state index in [0.29, 0.717) is 17.3 Å². The SMILES string of the molecule is CCc1cc(Br)cc2c1NC(=O)C2=Nc1ccc(Oc2cc(C)ccc2C(C)C)cc1. The van der Waals surface area contributed by atoms with Gasteiger partial charge in [-0.15, -0.1) is 0 Å². The first kappa shape index (κ1) is 21.3. The van der Waals surface area contributed by atoms with Crippen molar-refractivity contribution in [1.82, 2.24) is 0 Å². The molecule has 3 aromatic rings. The molecule has 3 aromatic carbocycles. The molecule has 0 saturated carbocycles. The van der Waals surface area contributed by atoms with Gasteiger partial charge in [-0.1, -0.05) is 48.8 Å². The van der Waals surface area contributed by atoms with Crippen LogP contribution >= 0.6 is 15.9 Å². The molecule has 0 atom stereocenters. The topological polar surface area (TPSA) is 50.7 Å². The number of amides is 1. The van der Waals surface area contributed by atoms with Gasteiger partial charge in [-0.2, -0.15) is 0 Å². The summed E-state index contributed by atoms with van der Waals surface area (Å²) in [4.78, 5) is 17.2. The highest BCUT2D eigenvalue weighted by molar-refractivity contribution is 9.10. The molecule has 1 aliphatic heterocycles. The lowest BCUT2D eigenvalue weighted by molar-refractivity contribution is -0.110. The molecule has 0 bridgehead atoms. The van der Waals surface area contributed by atoms with Crippen LogP contribution in [-0.4, -0.2) is 11.6 Å². The third kappa shape index (κ3) is 4.42. The van der Waals surface area contributed by atoms with Gasteiger partial charge in [0.15, 0.2) is 0 Å². The number of rotatable bonds is 5. The molecule has 5 heteroatoms. The molecular weight excluding hydrogens is 452 g/mol. The van der Waals surface area contributed by atoms with Crippen molar-refractivity contribution in [2.75, 3.05) is 5.32 Å². The molecule has 0 saturated heterocycles. The second kappa shape index (κ2) is 8.67. The number of hydrogen-bond acceptors (Lipinski definition) is 3. The molecule has 1 N–H and O–H groups in total. The maximum atomic E-state index is 12.6. The molecule has 4 nitrogen and oxygen atoms in total. The number of hydrogen-bond donors (Lipinski definition) is 1. The molecule has 0 spiro atoms. The van der Waals surface area contributed by atoms with Gasteiger partial charge >= 0.3 is 0 Å². The van der Waals surface area contributed by atoms with Crippen molar-refractivity contribution in [2.45, 2.75) is 40.0 Å². The molecule has 158 valence electrons. The number of halogens is 1. The zero-order valence-corrected chi connectivity index (χ0v) is 19.7. The number of ether oxygens (including phenoxy) is 1. The Morgan fingerprint density at radius 3 is 2.48 bits per heavy atom. The lowest BCUT2D eigenvalue weighted by Crippen LogP contribution is -2.14. The van der Waals surface area contributed by atoms with Crippen molar-refractivity contribution in [2.24, 2.45) is 4.99 Å². The van der Waals surface area contributed by atoms with Crippen LogP contribution in [0.4, 0.5) is 11.4 Å². The molecule has 4 rings (SSSR count). The standard InChI is InChI=1S/C26H25BrN2O2/c1-5-17-13-18(27)14-22-24(17)29-26(30)25(22)28-19-7-9-20(10-8-19)31-23-12-16(4)6-11-21(23)15(2)3/h6-15H,5H2,1-4H3,(H,28,29,30). The molecule has 1 heterocycles. The number of anilines is 1. The zero-order valence-electron chi connectivity index (χ0n) is 18.1. The Morgan fingerprint density at radius 1 is 1.06 bits per heavy atom. The molecule has 1 aliphatic rings. The maximum Gasteiger partial charge on any atom is 0.275 e. The number of aryl methyl sites for hydroxylation is 2. The summed E-state index contributed by atoms with van der Waals surface area (Å²) in [5.74, 6) is 1.80. The van der Waals surface area contributed by atoms with Crippen molar-refractivity contribution in [1.29, 1.82) is 0 Å². The van der Waals surface area contributed by atoms with Gasteiger partial charge in [0.05, 0.1) is 11.4 Å². The van der Waals surface area contributed by atoms with Gasteiger partial charge in [-0.3, -0.25) is 4.79 Å². The third-order valence-corrected chi connectivity index (χ3v) is 5.83. The molecule has 31 heavy (non-hydrogen) atoms. The Balaban J connectivity index is 1.62. The molecule has 0 radical (unpaired) electrons. The number of aliphatic imine (C=N–C) groups is 1. The summed E-state index contributed by atoms with van der Waals surface area (Å²) in [6.45, 7) is 8.44. The first-order valence-electron chi connectivity index (χ1n) is 10.5. The second-order valence-electron chi connectivity index (χ2n) is 8.05. The largest absolute Gasteiger partial charge is 0.457 e. The second-order valence-corrected chi connectivity index (χ2v) is 8.96. The van der Waals surface area contributed by atoms with Gasteiger partial charge in [0, 0.05) is 10.0 Å². The van der Waals surface area contributed by atoms with E-state index in [1.807, 2.05) is 36.4 Å². The minimum Gasteiger partial charge on any atom is -0.457 e. The van der Waals surface area contributed by atoms with Crippen molar-refractivity contribution < 1.29 is 9.53 Å². The number of nitrogens with one attached hydrogen (secondary N) is 1. The van der Waals surface area contributed by atoms with Gasteiger partial charge in [-0.05, 0) is 78.4 Å². The van der Waals surface area contributed by atoms with Crippen molar-refractivity contribution >= 4 is 38.9 Å². The number of carbonyl (C=O) groups is 1. The molecule has 1 amide bonds. The van der Waals surface area contributed by atoms with Crippen LogP contribution in [0.25, 0.3) is 0 Å². The number of nitrogens with zero attached hydrogens (tertiary/aromatic N) is 1. The molecule has 0 aliphatic carbocycles. The van der Waals surface area contributed by atoms with E-state index < -0.39 is 0 Å². The van der Waals surface area contributed by atoms with Crippen LogP contribution < -0.4 is 10.1 Å². The fraction of sp³-hybridized carbons (Fsp3) is 0.231. The smallest absolute Gasteiger partial charge is 0.275 e. The van der Waals surface area contributed by atoms with E-state index in [9.17, 15) is 4.79 Å². The Labute approximate surface area is 191 Å². The van der Waals surface area contributed by atoms with Gasteiger partial charge in [0.2, 0.25) is 0 Å². The Bertz CT molecular complexity index is 1180. The highest BCUT2D eigenvalue weighted by Gasteiger charge is 2.28. The van der Waals surface area contributed by atoms with Crippen LogP contribution in [0.2, 0.25) is 0 Å². The summed E-state index contributed by atoms with van der Waals surface area (Å²) in [6, 6.07) is 17.8. The van der Waals surface area contributed by atoms with Crippen LogP contribution in [0.3, 0.4) is 0 Å². The number of carbonyl (C=O) groups excluding carboxylic acids is 1. The predicted octanol–water partition coefficient (Wildman–Crippen LogP) is 7.31. The predicted molar refractivity (Wildman–Crippen MR) is 130 cm³/mol. The van der Waals surface area contributed by atoms with E-state index in [4.69, 9.17) is 4.74 Å². The van der Waals surface area contributed by atoms with E-state index in [2.05, 4.69) is 72.1 Å². The normalized spacial score (nSPS) is 14.1. The van der Waals surface area contributed by atoms with Gasteiger partial charge < -0.3 is 10.1 Å². The molecule has 0 aromatic heterocycles. The Morgan fingerprint density at radius 2 is 1.81 bits per heavy atom. The van der Waals surface area contributed by atoms with Crippen molar-refractivity contribution in [3.63, 3.8) is 0 Å². The monoisotopic (exact) mass is 476 g/mol. The summed E-state index contributed by atoms with van der Waals surface area (Å²) >= 11 is 3.54. The summed E-state index contributed by atoms with van der Waals surface area (Å²) in [7, 11) is 0. The van der Waals surface area contributed by atoms with E-state index in [1.165, 1.54) is 5.56 Å². The fourth-order valence-corrected chi connectivity index (χ4v) is 4.24. The van der Waals surface area contributed by atoms with Crippen molar-refractivity contribution in [3.8, 4) is 11.5 Å². The highest BCUT2D eigenvalue weighted by Crippen LogP contribution is 2.34. The maximum absolute atomic E-state index is 12.6. The molecule has 0 fully saturated rings. The average Bonchev–Trinajstić information content (AvgIpc) is 3.04. The van der Waals surface area contributed by atoms with E-state index in [1.54, 1.807) is 0 Å². The van der Waals surface area contributed by atoms with Gasteiger partial charge in [-0.25, -0.2) is 4.99 Å². The number of fused-ring (bicyclic) bond motifs is 1. The summed E-state index contributed by atoms with van der Waals surface area (Å²) in [6.07, 6.45) is 0.832. The minimum absolute atomic E-state index is 0.176. The van der Waals surface area contributed by atoms with Gasteiger partial charge in [0.25, 0.3) is 5.91 Å². The molecular formula is C26H25BrN2O2. The lowest BCUT2D eigenvalue weighted by Gasteiger charge is -2.14. The first-order valence-corrected chi connectivity index (χ1v) is 11.3. The Hall–Kier alpha value is -2.92.